The number of halogens is 3. The molecule has 1 aromatic carbocycles. The average molecular weight is 306 g/mol. The smallest absolute Gasteiger partial charge is 0.0935 e. The zero-order valence-electron chi connectivity index (χ0n) is 8.45. The Hall–Kier alpha value is -0.740. The Morgan fingerprint density at radius 1 is 1.18 bits per heavy atom. The molecule has 6 heteroatoms. The first-order valence-corrected chi connectivity index (χ1v) is 6.70. The van der Waals surface area contributed by atoms with E-state index in [2.05, 4.69) is 10.5 Å². The molecule has 88 valence electrons. The molecule has 0 spiro atoms. The fraction of sp³-hybridized carbons (Fsp3) is 0. The lowest BCUT2D eigenvalue weighted by Crippen LogP contribution is -1.92. The van der Waals surface area contributed by atoms with Gasteiger partial charge in [-0.1, -0.05) is 34.8 Å². The van der Waals surface area contributed by atoms with Crippen molar-refractivity contribution < 1.29 is 0 Å². The highest BCUT2D eigenvalue weighted by molar-refractivity contribution is 7.08. The van der Waals surface area contributed by atoms with E-state index in [1.165, 1.54) is 0 Å². The Morgan fingerprint density at radius 2 is 1.88 bits per heavy atom. The molecule has 0 amide bonds. The minimum atomic E-state index is 0.435. The lowest BCUT2D eigenvalue weighted by atomic mass is 10.3. The van der Waals surface area contributed by atoms with Crippen molar-refractivity contribution in [1.29, 1.82) is 0 Å². The summed E-state index contributed by atoms with van der Waals surface area (Å²) in [6.45, 7) is 0. The predicted molar refractivity (Wildman–Crippen MR) is 77.0 cm³/mol. The second-order valence-electron chi connectivity index (χ2n) is 3.17. The molecular formula is C11H7Cl3N2S. The van der Waals surface area contributed by atoms with Gasteiger partial charge in [-0.3, -0.25) is 5.43 Å². The Labute approximate surface area is 118 Å². The second-order valence-corrected chi connectivity index (χ2v) is 5.20. The van der Waals surface area contributed by atoms with Crippen LogP contribution in [0.3, 0.4) is 0 Å². The summed E-state index contributed by atoms with van der Waals surface area (Å²) in [5.74, 6) is 0. The molecule has 2 aromatic rings. The van der Waals surface area contributed by atoms with Gasteiger partial charge in [0.15, 0.2) is 0 Å². The highest BCUT2D eigenvalue weighted by atomic mass is 35.5. The van der Waals surface area contributed by atoms with Gasteiger partial charge in [0.1, 0.15) is 0 Å². The summed E-state index contributed by atoms with van der Waals surface area (Å²) < 4.78 is 0. The van der Waals surface area contributed by atoms with Crippen LogP contribution in [0.5, 0.6) is 0 Å². The first-order valence-electron chi connectivity index (χ1n) is 4.62. The van der Waals surface area contributed by atoms with E-state index in [4.69, 9.17) is 34.8 Å². The molecule has 1 aromatic heterocycles. The van der Waals surface area contributed by atoms with Crippen LogP contribution in [0, 0.1) is 0 Å². The van der Waals surface area contributed by atoms with Gasteiger partial charge in [-0.25, -0.2) is 0 Å². The zero-order chi connectivity index (χ0) is 12.3. The van der Waals surface area contributed by atoms with Crippen molar-refractivity contribution >= 4 is 58.0 Å². The van der Waals surface area contributed by atoms with Crippen LogP contribution in [0.4, 0.5) is 5.69 Å². The Morgan fingerprint density at radius 3 is 2.47 bits per heavy atom. The minimum absolute atomic E-state index is 0.435. The van der Waals surface area contributed by atoms with E-state index in [9.17, 15) is 0 Å². The topological polar surface area (TPSA) is 24.4 Å². The average Bonchev–Trinajstić information content (AvgIpc) is 2.74. The number of hydrogen-bond acceptors (Lipinski definition) is 3. The number of rotatable bonds is 3. The summed E-state index contributed by atoms with van der Waals surface area (Å²) in [5.41, 5.74) is 4.36. The maximum absolute atomic E-state index is 5.99. The molecule has 1 N–H and O–H groups in total. The molecular weight excluding hydrogens is 299 g/mol. The molecule has 0 unspecified atom stereocenters. The third-order valence-corrected chi connectivity index (χ3v) is 3.46. The van der Waals surface area contributed by atoms with E-state index in [1.807, 2.05) is 16.8 Å². The molecule has 0 saturated carbocycles. The molecule has 0 aliphatic carbocycles. The van der Waals surface area contributed by atoms with E-state index in [1.54, 1.807) is 29.7 Å². The zero-order valence-corrected chi connectivity index (χ0v) is 11.5. The van der Waals surface area contributed by atoms with E-state index >= 15 is 0 Å². The van der Waals surface area contributed by atoms with Gasteiger partial charge in [-0.2, -0.15) is 16.4 Å². The van der Waals surface area contributed by atoms with Gasteiger partial charge in [-0.05, 0) is 29.0 Å². The van der Waals surface area contributed by atoms with Gasteiger partial charge in [0.25, 0.3) is 0 Å². The standard InChI is InChI=1S/C11H7Cl3N2S/c12-8-3-9(13)11(10(14)4-8)16-15-5-7-1-2-17-6-7/h1-6,16H/b15-5-. The van der Waals surface area contributed by atoms with Gasteiger partial charge in [0, 0.05) is 10.6 Å². The van der Waals surface area contributed by atoms with E-state index in [-0.39, 0.29) is 0 Å². The molecule has 0 aliphatic heterocycles. The highest BCUT2D eigenvalue weighted by Crippen LogP contribution is 2.33. The van der Waals surface area contributed by atoms with Crippen molar-refractivity contribution in [2.24, 2.45) is 5.10 Å². The molecule has 0 fully saturated rings. The number of nitrogens with one attached hydrogen (secondary N) is 1. The molecule has 2 rings (SSSR count). The molecule has 2 nitrogen and oxygen atoms in total. The van der Waals surface area contributed by atoms with Crippen molar-refractivity contribution in [2.45, 2.75) is 0 Å². The molecule has 1 heterocycles. The molecule has 0 atom stereocenters. The Bertz CT molecular complexity index is 515. The molecule has 0 aliphatic rings. The van der Waals surface area contributed by atoms with Crippen LogP contribution in [0.2, 0.25) is 15.1 Å². The number of hydrazone groups is 1. The molecule has 17 heavy (non-hydrogen) atoms. The van der Waals surface area contributed by atoms with Gasteiger partial charge in [-0.15, -0.1) is 0 Å². The first kappa shape index (κ1) is 12.7. The van der Waals surface area contributed by atoms with Gasteiger partial charge >= 0.3 is 0 Å². The first-order chi connectivity index (χ1) is 8.16. The fourth-order valence-electron chi connectivity index (χ4n) is 1.17. The number of benzene rings is 1. The number of thiophene rings is 1. The van der Waals surface area contributed by atoms with Crippen LogP contribution in [0.1, 0.15) is 5.56 Å². The summed E-state index contributed by atoms with van der Waals surface area (Å²) >= 11 is 19.4. The van der Waals surface area contributed by atoms with Gasteiger partial charge in [0.05, 0.1) is 21.9 Å². The normalized spacial score (nSPS) is 11.0. The van der Waals surface area contributed by atoms with Crippen LogP contribution >= 0.6 is 46.1 Å². The van der Waals surface area contributed by atoms with E-state index < -0.39 is 0 Å². The number of hydrogen-bond donors (Lipinski definition) is 1. The van der Waals surface area contributed by atoms with Crippen LogP contribution < -0.4 is 5.43 Å². The number of anilines is 1. The van der Waals surface area contributed by atoms with Crippen LogP contribution in [0.25, 0.3) is 0 Å². The second kappa shape index (κ2) is 5.74. The third kappa shape index (κ3) is 3.36. The predicted octanol–water partition coefficient (Wildman–Crippen LogP) is 5.15. The molecule has 0 saturated heterocycles. The lowest BCUT2D eigenvalue weighted by Gasteiger charge is -2.06. The maximum Gasteiger partial charge on any atom is 0.0935 e. The van der Waals surface area contributed by atoms with Crippen LogP contribution in [-0.4, -0.2) is 6.21 Å². The van der Waals surface area contributed by atoms with Crippen molar-refractivity contribution in [3.05, 3.63) is 49.6 Å². The summed E-state index contributed by atoms with van der Waals surface area (Å²) in [7, 11) is 0. The van der Waals surface area contributed by atoms with E-state index in [0.717, 1.165) is 5.56 Å². The van der Waals surface area contributed by atoms with Crippen molar-refractivity contribution in [1.82, 2.24) is 0 Å². The summed E-state index contributed by atoms with van der Waals surface area (Å²) in [6, 6.07) is 5.18. The summed E-state index contributed by atoms with van der Waals surface area (Å²) in [6.07, 6.45) is 1.69. The maximum atomic E-state index is 5.99. The van der Waals surface area contributed by atoms with Crippen molar-refractivity contribution in [3.63, 3.8) is 0 Å². The van der Waals surface area contributed by atoms with Gasteiger partial charge < -0.3 is 0 Å². The number of nitrogens with zero attached hydrogens (tertiary/aromatic N) is 1. The summed E-state index contributed by atoms with van der Waals surface area (Å²) in [4.78, 5) is 0. The minimum Gasteiger partial charge on any atom is -0.275 e. The van der Waals surface area contributed by atoms with Crippen LogP contribution in [-0.2, 0) is 0 Å². The largest absolute Gasteiger partial charge is 0.275 e. The highest BCUT2D eigenvalue weighted by Gasteiger charge is 2.06. The van der Waals surface area contributed by atoms with Crippen LogP contribution in [0.15, 0.2) is 34.1 Å². The molecule has 0 radical (unpaired) electrons. The van der Waals surface area contributed by atoms with E-state index in [0.29, 0.717) is 20.8 Å². The lowest BCUT2D eigenvalue weighted by molar-refractivity contribution is 1.35. The van der Waals surface area contributed by atoms with Crippen molar-refractivity contribution in [3.8, 4) is 0 Å². The quantitative estimate of drug-likeness (QED) is 0.615. The Balaban J connectivity index is 2.14. The van der Waals surface area contributed by atoms with Crippen molar-refractivity contribution in [2.75, 3.05) is 5.43 Å². The third-order valence-electron chi connectivity index (χ3n) is 1.94. The monoisotopic (exact) mass is 304 g/mol. The fourth-order valence-corrected chi connectivity index (χ4v) is 2.68. The SMILES string of the molecule is Clc1cc(Cl)c(N/N=C\c2ccsc2)c(Cl)c1. The summed E-state index contributed by atoms with van der Waals surface area (Å²) in [5, 5.41) is 9.38. The molecule has 0 bridgehead atoms. The Kier molecular flexibility index (Phi) is 4.29. The van der Waals surface area contributed by atoms with Gasteiger partial charge in [0.2, 0.25) is 0 Å².